The topological polar surface area (TPSA) is 47.6 Å². The first kappa shape index (κ1) is 18.3. The van der Waals surface area contributed by atoms with Crippen molar-refractivity contribution in [1.29, 1.82) is 0 Å². The molecule has 26 heavy (non-hydrogen) atoms. The zero-order valence-corrected chi connectivity index (χ0v) is 15.6. The van der Waals surface area contributed by atoms with Crippen molar-refractivity contribution >= 4 is 19.2 Å². The highest BCUT2D eigenvalue weighted by atomic mass is 19.1. The van der Waals surface area contributed by atoms with Gasteiger partial charge in [0, 0.05) is 18.2 Å². The number of nitrogens with one attached hydrogen (secondary N) is 1. The zero-order chi connectivity index (χ0) is 18.8. The lowest BCUT2D eigenvalue weighted by Crippen LogP contribution is -2.39. The fraction of sp³-hybridized carbons (Fsp3) is 0.350. The molecule has 0 aromatic heterocycles. The molecule has 2 aromatic carbocycles. The lowest BCUT2D eigenvalue weighted by atomic mass is 9.92. The molecule has 1 amide bonds. The van der Waals surface area contributed by atoms with Crippen LogP contribution < -0.4 is 20.3 Å². The Morgan fingerprint density at radius 2 is 1.81 bits per heavy atom. The molecule has 0 atom stereocenters. The maximum Gasteiger partial charge on any atom is 0.255 e. The first-order valence-electron chi connectivity index (χ1n) is 8.83. The van der Waals surface area contributed by atoms with E-state index >= 15 is 0 Å². The molecule has 2 aromatic rings. The molecular weight excluding hydrogens is 332 g/mol. The van der Waals surface area contributed by atoms with Gasteiger partial charge in [-0.05, 0) is 44.2 Å². The minimum absolute atomic E-state index is 0.0135. The third-order valence-corrected chi connectivity index (χ3v) is 4.76. The summed E-state index contributed by atoms with van der Waals surface area (Å²) in [4.78, 5) is 12.6. The average molecular weight is 355 g/mol. The van der Waals surface area contributed by atoms with Gasteiger partial charge in [0.15, 0.2) is 11.6 Å². The van der Waals surface area contributed by atoms with Gasteiger partial charge in [-0.2, -0.15) is 0 Å². The summed E-state index contributed by atoms with van der Waals surface area (Å²) in [5, 5.41) is 2.95. The number of halogens is 1. The first-order valence-corrected chi connectivity index (χ1v) is 8.83. The van der Waals surface area contributed by atoms with Crippen molar-refractivity contribution in [1.82, 2.24) is 5.32 Å². The maximum absolute atomic E-state index is 14.5. The van der Waals surface area contributed by atoms with Crippen LogP contribution in [0.2, 0.25) is 0 Å². The third-order valence-electron chi connectivity index (χ3n) is 4.76. The highest BCUT2D eigenvalue weighted by Gasteiger charge is 2.24. The molecule has 1 fully saturated rings. The van der Waals surface area contributed by atoms with E-state index in [9.17, 15) is 9.18 Å². The maximum atomic E-state index is 14.5. The van der Waals surface area contributed by atoms with Crippen LogP contribution in [0.5, 0.6) is 17.2 Å². The lowest BCUT2D eigenvalue weighted by molar-refractivity contribution is 0.0913. The van der Waals surface area contributed by atoms with Gasteiger partial charge in [-0.1, -0.05) is 17.6 Å². The molecule has 1 N–H and O–H groups in total. The van der Waals surface area contributed by atoms with Gasteiger partial charge in [0.1, 0.15) is 19.3 Å². The number of carbonyl (C=O) groups excluding carboxylic acids is 1. The van der Waals surface area contributed by atoms with Crippen molar-refractivity contribution in [3.63, 3.8) is 0 Å². The minimum atomic E-state index is -0.568. The normalized spacial score (nSPS) is 13.8. The van der Waals surface area contributed by atoms with Crippen LogP contribution in [-0.4, -0.2) is 26.9 Å². The van der Waals surface area contributed by atoms with Crippen molar-refractivity contribution in [2.45, 2.75) is 39.2 Å². The molecule has 0 aliphatic heterocycles. The van der Waals surface area contributed by atoms with Gasteiger partial charge in [0.2, 0.25) is 0 Å². The van der Waals surface area contributed by atoms with Crippen molar-refractivity contribution < 1.29 is 18.7 Å². The van der Waals surface area contributed by atoms with Crippen molar-refractivity contribution in [2.24, 2.45) is 0 Å². The highest BCUT2D eigenvalue weighted by Crippen LogP contribution is 2.34. The van der Waals surface area contributed by atoms with Crippen LogP contribution in [0.3, 0.4) is 0 Å². The van der Waals surface area contributed by atoms with Gasteiger partial charge in [0.05, 0.1) is 12.7 Å². The third kappa shape index (κ3) is 3.69. The summed E-state index contributed by atoms with van der Waals surface area (Å²) in [7, 11) is 3.42. The highest BCUT2D eigenvalue weighted by molar-refractivity contribution is 6.32. The van der Waals surface area contributed by atoms with E-state index in [4.69, 9.17) is 9.47 Å². The molecule has 1 aliphatic carbocycles. The Labute approximate surface area is 154 Å². The molecule has 0 saturated heterocycles. The molecule has 1 aliphatic rings. The number of amides is 1. The number of rotatable bonds is 5. The molecule has 0 heterocycles. The Morgan fingerprint density at radius 1 is 1.15 bits per heavy atom. The number of hydrogen-bond acceptors (Lipinski definition) is 3. The zero-order valence-electron chi connectivity index (χ0n) is 15.6. The van der Waals surface area contributed by atoms with E-state index in [1.807, 2.05) is 33.8 Å². The van der Waals surface area contributed by atoms with E-state index in [2.05, 4.69) is 5.32 Å². The molecule has 6 heteroatoms. The molecule has 4 nitrogen and oxygen atoms in total. The van der Waals surface area contributed by atoms with E-state index in [1.54, 1.807) is 0 Å². The number of benzene rings is 2. The number of ether oxygens (including phenoxy) is 2. The molecule has 0 spiro atoms. The summed E-state index contributed by atoms with van der Waals surface area (Å²) in [5.41, 5.74) is 3.22. The number of methoxy groups -OCH3 is 1. The largest absolute Gasteiger partial charge is 0.496 e. The smallest absolute Gasteiger partial charge is 0.255 e. The molecule has 136 valence electrons. The van der Waals surface area contributed by atoms with Crippen LogP contribution >= 0.6 is 0 Å². The molecule has 3 rings (SSSR count). The second kappa shape index (κ2) is 7.40. The van der Waals surface area contributed by atoms with Crippen molar-refractivity contribution in [3.8, 4) is 17.2 Å². The summed E-state index contributed by atoms with van der Waals surface area (Å²) in [6, 6.07) is 6.76. The Kier molecular flexibility index (Phi) is 5.21. The number of carbonyl (C=O) groups is 1. The van der Waals surface area contributed by atoms with Gasteiger partial charge >= 0.3 is 0 Å². The summed E-state index contributed by atoms with van der Waals surface area (Å²) in [6.45, 7) is 3.84. The summed E-state index contributed by atoms with van der Waals surface area (Å²) in [6.07, 6.45) is 3.06. The van der Waals surface area contributed by atoms with Crippen LogP contribution in [-0.2, 0) is 0 Å². The second-order valence-electron chi connectivity index (χ2n) is 6.91. The van der Waals surface area contributed by atoms with Gasteiger partial charge in [-0.25, -0.2) is 4.39 Å². The second-order valence-corrected chi connectivity index (χ2v) is 6.91. The van der Waals surface area contributed by atoms with Gasteiger partial charge in [-0.3, -0.25) is 4.79 Å². The van der Waals surface area contributed by atoms with E-state index in [0.29, 0.717) is 5.75 Å². The minimum Gasteiger partial charge on any atom is -0.496 e. The first-order chi connectivity index (χ1) is 12.4. The van der Waals surface area contributed by atoms with Gasteiger partial charge in [0.25, 0.3) is 5.91 Å². The molecule has 0 unspecified atom stereocenters. The monoisotopic (exact) mass is 355 g/mol. The Morgan fingerprint density at radius 3 is 2.35 bits per heavy atom. The fourth-order valence-electron chi connectivity index (χ4n) is 3.21. The fourth-order valence-corrected chi connectivity index (χ4v) is 3.21. The number of aryl methyl sites for hydroxylation is 2. The molecular formula is C20H23BFNO3. The van der Waals surface area contributed by atoms with Crippen LogP contribution in [0.1, 0.15) is 40.7 Å². The molecule has 1 saturated carbocycles. The van der Waals surface area contributed by atoms with E-state index in [-0.39, 0.29) is 29.0 Å². The Hall–Kier alpha value is -2.50. The van der Waals surface area contributed by atoms with E-state index < -0.39 is 5.82 Å². The molecule has 0 bridgehead atoms. The summed E-state index contributed by atoms with van der Waals surface area (Å²) < 4.78 is 25.6. The predicted octanol–water partition coefficient (Wildman–Crippen LogP) is 2.78. The van der Waals surface area contributed by atoms with Crippen LogP contribution in [0.25, 0.3) is 0 Å². The quantitative estimate of drug-likeness (QED) is 0.839. The average Bonchev–Trinajstić information content (AvgIpc) is 2.54. The van der Waals surface area contributed by atoms with Crippen LogP contribution in [0, 0.1) is 19.7 Å². The number of hydrogen-bond donors (Lipinski definition) is 1. The molecule has 0 radical (unpaired) electrons. The van der Waals surface area contributed by atoms with Crippen molar-refractivity contribution in [2.75, 3.05) is 7.11 Å². The Bertz CT molecular complexity index is 826. The summed E-state index contributed by atoms with van der Waals surface area (Å²) in [5.74, 6) is -0.0242. The van der Waals surface area contributed by atoms with Crippen LogP contribution in [0.15, 0.2) is 24.3 Å². The Balaban J connectivity index is 1.94. The van der Waals surface area contributed by atoms with Gasteiger partial charge < -0.3 is 14.8 Å². The van der Waals surface area contributed by atoms with E-state index in [0.717, 1.165) is 35.9 Å². The summed E-state index contributed by atoms with van der Waals surface area (Å²) >= 11 is 0. The van der Waals surface area contributed by atoms with Crippen LogP contribution in [0.4, 0.5) is 4.39 Å². The SMILES string of the molecule is Bc1cc(C)c(Oc2cc(C(=O)NC3CCC3)c(OC)cc2F)c(C)c1. The van der Waals surface area contributed by atoms with Crippen molar-refractivity contribution in [3.05, 3.63) is 46.8 Å². The van der Waals surface area contributed by atoms with E-state index in [1.165, 1.54) is 19.2 Å². The standard InChI is InChI=1S/C20H23BFNO3/c1-11-7-13(21)8-12(2)19(11)26-18-9-15(17(25-3)10-16(18)22)20(24)23-14-5-4-6-14/h7-10,14H,4-6,21H2,1-3H3,(H,23,24). The predicted molar refractivity (Wildman–Crippen MR) is 102 cm³/mol. The van der Waals surface area contributed by atoms with Gasteiger partial charge in [-0.15, -0.1) is 0 Å². The lowest BCUT2D eigenvalue weighted by Gasteiger charge is -2.26.